The van der Waals surface area contributed by atoms with Crippen molar-refractivity contribution >= 4 is 38.8 Å². The molecule has 0 saturated heterocycles. The molecule has 0 spiro atoms. The highest BCUT2D eigenvalue weighted by atomic mass is 79.9. The molecule has 3 aromatic rings. The molecule has 5 nitrogen and oxygen atoms in total. The van der Waals surface area contributed by atoms with Gasteiger partial charge in [-0.05, 0) is 48.0 Å². The number of carbonyl (C=O) groups excluding carboxylic acids is 1. The largest absolute Gasteiger partial charge is 0.489 e. The fourth-order valence-corrected chi connectivity index (χ4v) is 3.03. The van der Waals surface area contributed by atoms with E-state index in [1.165, 1.54) is 6.21 Å². The van der Waals surface area contributed by atoms with Crippen LogP contribution in [0.1, 0.15) is 12.5 Å². The fraction of sp³-hybridized carbons (Fsp3) is 0.130. The highest BCUT2D eigenvalue weighted by Crippen LogP contribution is 2.22. The Morgan fingerprint density at radius 3 is 2.76 bits per heavy atom. The van der Waals surface area contributed by atoms with Gasteiger partial charge in [0.05, 0.1) is 6.21 Å². The van der Waals surface area contributed by atoms with Crippen molar-refractivity contribution in [2.24, 2.45) is 5.10 Å². The highest BCUT2D eigenvalue weighted by Gasteiger charge is 2.14. The van der Waals surface area contributed by atoms with Crippen LogP contribution < -0.4 is 14.9 Å². The number of fused-ring (bicyclic) bond motifs is 1. The van der Waals surface area contributed by atoms with Gasteiger partial charge in [-0.1, -0.05) is 58.9 Å². The van der Waals surface area contributed by atoms with Gasteiger partial charge in [-0.2, -0.15) is 5.10 Å². The maximum absolute atomic E-state index is 12.3. The molecule has 1 atom stereocenters. The van der Waals surface area contributed by atoms with Gasteiger partial charge >= 0.3 is 0 Å². The predicted octanol–water partition coefficient (Wildman–Crippen LogP) is 5.08. The van der Waals surface area contributed by atoms with Crippen LogP contribution in [-0.4, -0.2) is 24.8 Å². The van der Waals surface area contributed by atoms with Gasteiger partial charge in [-0.25, -0.2) is 5.43 Å². The Bertz CT molecular complexity index is 1050. The number of nitrogens with zero attached hydrogens (tertiary/aromatic N) is 1. The molecule has 6 heteroatoms. The van der Waals surface area contributed by atoms with Gasteiger partial charge in [0.1, 0.15) is 18.1 Å². The zero-order chi connectivity index (χ0) is 20.6. The molecular weight excluding hydrogens is 432 g/mol. The topological polar surface area (TPSA) is 59.9 Å². The zero-order valence-electron chi connectivity index (χ0n) is 16.0. The molecule has 0 heterocycles. The molecule has 0 radical (unpaired) electrons. The van der Waals surface area contributed by atoms with E-state index < -0.39 is 6.10 Å². The molecule has 0 aliphatic heterocycles. The van der Waals surface area contributed by atoms with E-state index in [1.807, 2.05) is 60.7 Å². The summed E-state index contributed by atoms with van der Waals surface area (Å²) in [5, 5.41) is 6.20. The summed E-state index contributed by atoms with van der Waals surface area (Å²) in [6.07, 6.45) is 2.49. The third kappa shape index (κ3) is 5.68. The second-order valence-corrected chi connectivity index (χ2v) is 7.20. The average molecular weight is 453 g/mol. The van der Waals surface area contributed by atoms with Gasteiger partial charge < -0.3 is 9.47 Å². The van der Waals surface area contributed by atoms with E-state index in [2.05, 4.69) is 33.0 Å². The van der Waals surface area contributed by atoms with Crippen molar-refractivity contribution in [3.05, 3.63) is 83.4 Å². The SMILES string of the molecule is C=CCOc1ccc(Br)cc1C=NNC(=O)C(C)Oc1ccc2ccccc2c1. The molecule has 3 aromatic carbocycles. The Morgan fingerprint density at radius 2 is 1.97 bits per heavy atom. The minimum Gasteiger partial charge on any atom is -0.489 e. The Labute approximate surface area is 178 Å². The number of hydrogen-bond donors (Lipinski definition) is 1. The number of rotatable bonds is 8. The van der Waals surface area contributed by atoms with Crippen molar-refractivity contribution in [3.63, 3.8) is 0 Å². The Balaban J connectivity index is 1.62. The molecule has 1 unspecified atom stereocenters. The van der Waals surface area contributed by atoms with Crippen LogP contribution >= 0.6 is 15.9 Å². The van der Waals surface area contributed by atoms with Crippen molar-refractivity contribution < 1.29 is 14.3 Å². The van der Waals surface area contributed by atoms with E-state index in [0.717, 1.165) is 20.8 Å². The minimum absolute atomic E-state index is 0.349. The van der Waals surface area contributed by atoms with Crippen molar-refractivity contribution in [1.82, 2.24) is 5.43 Å². The first kappa shape index (κ1) is 20.6. The van der Waals surface area contributed by atoms with Crippen LogP contribution in [0.15, 0.2) is 82.9 Å². The maximum atomic E-state index is 12.3. The van der Waals surface area contributed by atoms with Crippen LogP contribution in [0.2, 0.25) is 0 Å². The summed E-state index contributed by atoms with van der Waals surface area (Å²) in [5.74, 6) is 0.923. The third-order valence-electron chi connectivity index (χ3n) is 4.11. The lowest BCUT2D eigenvalue weighted by atomic mass is 10.1. The summed E-state index contributed by atoms with van der Waals surface area (Å²) in [4.78, 5) is 12.3. The van der Waals surface area contributed by atoms with Crippen LogP contribution in [0.25, 0.3) is 10.8 Å². The number of nitrogens with one attached hydrogen (secondary N) is 1. The Kier molecular flexibility index (Phi) is 7.03. The molecular formula is C23H21BrN2O3. The molecule has 3 rings (SSSR count). The van der Waals surface area contributed by atoms with Gasteiger partial charge in [0.25, 0.3) is 5.91 Å². The molecule has 0 aliphatic carbocycles. The monoisotopic (exact) mass is 452 g/mol. The third-order valence-corrected chi connectivity index (χ3v) is 4.60. The van der Waals surface area contributed by atoms with Crippen molar-refractivity contribution in [3.8, 4) is 11.5 Å². The number of hydrazone groups is 1. The Morgan fingerprint density at radius 1 is 1.17 bits per heavy atom. The van der Waals surface area contributed by atoms with Crippen LogP contribution in [-0.2, 0) is 4.79 Å². The first-order chi connectivity index (χ1) is 14.1. The molecule has 0 saturated carbocycles. The standard InChI is InChI=1S/C23H21BrN2O3/c1-3-12-28-22-11-9-20(24)13-19(22)15-25-26-23(27)16(2)29-21-10-8-17-6-4-5-7-18(17)14-21/h3-11,13-16H,1,12H2,2H3,(H,26,27). The van der Waals surface area contributed by atoms with E-state index in [9.17, 15) is 4.79 Å². The number of ether oxygens (including phenoxy) is 2. The highest BCUT2D eigenvalue weighted by molar-refractivity contribution is 9.10. The predicted molar refractivity (Wildman–Crippen MR) is 120 cm³/mol. The minimum atomic E-state index is -0.702. The van der Waals surface area contributed by atoms with Gasteiger partial charge in [0.2, 0.25) is 0 Å². The van der Waals surface area contributed by atoms with Gasteiger partial charge in [-0.3, -0.25) is 4.79 Å². The number of amides is 1. The van der Waals surface area contributed by atoms with Crippen molar-refractivity contribution in [2.45, 2.75) is 13.0 Å². The van der Waals surface area contributed by atoms with Crippen molar-refractivity contribution in [2.75, 3.05) is 6.61 Å². The summed E-state index contributed by atoms with van der Waals surface area (Å²) in [7, 11) is 0. The zero-order valence-corrected chi connectivity index (χ0v) is 17.6. The molecule has 1 amide bonds. The number of halogens is 1. The molecule has 1 N–H and O–H groups in total. The van der Waals surface area contributed by atoms with Gasteiger partial charge in [0, 0.05) is 10.0 Å². The lowest BCUT2D eigenvalue weighted by molar-refractivity contribution is -0.127. The molecule has 0 aliphatic rings. The van der Waals surface area contributed by atoms with Gasteiger partial charge in [-0.15, -0.1) is 0 Å². The summed E-state index contributed by atoms with van der Waals surface area (Å²) in [6.45, 7) is 5.70. The first-order valence-electron chi connectivity index (χ1n) is 9.08. The average Bonchev–Trinajstić information content (AvgIpc) is 2.73. The summed E-state index contributed by atoms with van der Waals surface area (Å²) in [6, 6.07) is 19.2. The lowest BCUT2D eigenvalue weighted by Crippen LogP contribution is -2.33. The number of carbonyl (C=O) groups is 1. The summed E-state index contributed by atoms with van der Waals surface area (Å²) >= 11 is 3.42. The van der Waals surface area contributed by atoms with Crippen molar-refractivity contribution in [1.29, 1.82) is 0 Å². The Hall–Kier alpha value is -3.12. The van der Waals surface area contributed by atoms with E-state index >= 15 is 0 Å². The maximum Gasteiger partial charge on any atom is 0.280 e. The summed E-state index contributed by atoms with van der Waals surface area (Å²) in [5.41, 5.74) is 3.23. The first-order valence-corrected chi connectivity index (χ1v) is 9.88. The molecule has 29 heavy (non-hydrogen) atoms. The van der Waals surface area contributed by atoms with E-state index in [-0.39, 0.29) is 5.91 Å². The quantitative estimate of drug-likeness (QED) is 0.294. The molecule has 0 aromatic heterocycles. The van der Waals surface area contributed by atoms with Crippen LogP contribution in [0.3, 0.4) is 0 Å². The van der Waals surface area contributed by atoms with E-state index in [0.29, 0.717) is 18.1 Å². The molecule has 0 fully saturated rings. The lowest BCUT2D eigenvalue weighted by Gasteiger charge is -2.13. The van der Waals surface area contributed by atoms with Crippen LogP contribution in [0.4, 0.5) is 0 Å². The van der Waals surface area contributed by atoms with Crippen LogP contribution in [0.5, 0.6) is 11.5 Å². The smallest absolute Gasteiger partial charge is 0.280 e. The summed E-state index contributed by atoms with van der Waals surface area (Å²) < 4.78 is 12.2. The van der Waals surface area contributed by atoms with Gasteiger partial charge in [0.15, 0.2) is 6.10 Å². The second-order valence-electron chi connectivity index (χ2n) is 6.29. The van der Waals surface area contributed by atoms with E-state index in [1.54, 1.807) is 13.0 Å². The number of benzene rings is 3. The molecule has 148 valence electrons. The number of hydrogen-bond acceptors (Lipinski definition) is 4. The normalized spacial score (nSPS) is 11.9. The van der Waals surface area contributed by atoms with E-state index in [4.69, 9.17) is 9.47 Å². The second kappa shape index (κ2) is 9.89. The van der Waals surface area contributed by atoms with Crippen LogP contribution in [0, 0.1) is 0 Å². The molecule has 0 bridgehead atoms. The fourth-order valence-electron chi connectivity index (χ4n) is 2.66.